The second kappa shape index (κ2) is 0.931. The maximum atomic E-state index is 4.58. The van der Waals surface area contributed by atoms with Crippen LogP contribution in [-0.2, 0) is 0 Å². The van der Waals surface area contributed by atoms with E-state index >= 15 is 0 Å². The predicted molar refractivity (Wildman–Crippen MR) is 25.4 cm³/mol. The molecule has 1 nitrogen and oxygen atoms in total. The van der Waals surface area contributed by atoms with Gasteiger partial charge in [0.15, 0.2) is 0 Å². The zero-order chi connectivity index (χ0) is 3.54. The average molecular weight is 74.1 g/mol. The zero-order valence-corrected chi connectivity index (χ0v) is 2.72. The van der Waals surface area contributed by atoms with E-state index in [2.05, 4.69) is 4.42 Å². The van der Waals surface area contributed by atoms with Crippen LogP contribution in [0.25, 0.3) is 0 Å². The molecule has 0 saturated heterocycles. The smallest absolute Gasteiger partial charge is 0.473 e. The minimum atomic E-state index is 0. The third kappa shape index (κ3) is 0.293. The van der Waals surface area contributed by atoms with Crippen LogP contribution in [0.3, 0.4) is 0 Å². The topological polar surface area (TPSA) is 13.1 Å². The van der Waals surface area contributed by atoms with E-state index in [1.54, 1.807) is 12.5 Å². The standard InChI is InChI=1S/C4H4O/c1-2-4-5-3-1/h1-4H/p+6. The first kappa shape index (κ1) is 2.51. The van der Waals surface area contributed by atoms with Gasteiger partial charge in [-0.3, -0.25) is 0 Å². The summed E-state index contributed by atoms with van der Waals surface area (Å²) in [5, 5.41) is 0. The Hall–Kier alpha value is -0.720. The van der Waals surface area contributed by atoms with Crippen molar-refractivity contribution >= 4 is 0 Å². The Balaban J connectivity index is -0.0000000104. The van der Waals surface area contributed by atoms with Gasteiger partial charge in [0, 0.05) is 0 Å². The van der Waals surface area contributed by atoms with Gasteiger partial charge < -0.3 is 4.42 Å². The first-order valence-corrected chi connectivity index (χ1v) is 1.47. The molecule has 0 spiro atoms. The van der Waals surface area contributed by atoms with E-state index in [1.807, 2.05) is 12.1 Å². The lowest BCUT2D eigenvalue weighted by Gasteiger charge is -1.50. The van der Waals surface area contributed by atoms with Crippen LogP contribution in [-0.4, -0.2) is 0 Å². The molecule has 26 valence electrons. The van der Waals surface area contributed by atoms with Crippen LogP contribution in [0.5, 0.6) is 0 Å². The second-order valence-electron chi connectivity index (χ2n) is 0.793. The maximum Gasteiger partial charge on any atom is 1.00 e. The molecule has 1 rings (SSSR count). The van der Waals surface area contributed by atoms with Crippen LogP contribution in [0.2, 0.25) is 0 Å². The summed E-state index contributed by atoms with van der Waals surface area (Å²) in [6, 6.07) is 3.67. The molecule has 5 heavy (non-hydrogen) atoms. The molecule has 0 aromatic carbocycles. The van der Waals surface area contributed by atoms with Crippen LogP contribution in [0.4, 0.5) is 0 Å². The van der Waals surface area contributed by atoms with Gasteiger partial charge in [-0.2, -0.15) is 0 Å². The molecule has 0 amide bonds. The summed E-state index contributed by atoms with van der Waals surface area (Å²) in [5.74, 6) is 0. The van der Waals surface area contributed by atoms with Crippen molar-refractivity contribution in [2.75, 3.05) is 0 Å². The zero-order valence-electron chi connectivity index (χ0n) is 8.72. The summed E-state index contributed by atoms with van der Waals surface area (Å²) in [4.78, 5) is 0. The molecular weight excluding hydrogens is 64.0 g/mol. The number of hydrogen-bond donors (Lipinski definition) is 0. The highest BCUT2D eigenvalue weighted by molar-refractivity contribution is 4.79. The van der Waals surface area contributed by atoms with Gasteiger partial charge in [0.1, 0.15) is 0 Å². The van der Waals surface area contributed by atoms with E-state index in [4.69, 9.17) is 0 Å². The van der Waals surface area contributed by atoms with Gasteiger partial charge in [0.2, 0.25) is 0 Å². The fourth-order valence-corrected chi connectivity index (χ4v) is 0.227. The molecule has 1 heteroatoms. The van der Waals surface area contributed by atoms with Crippen molar-refractivity contribution in [1.29, 1.82) is 0 Å². The highest BCUT2D eigenvalue weighted by Gasteiger charge is 1.58. The molecular formula is C4H10O+6. The van der Waals surface area contributed by atoms with Gasteiger partial charge in [-0.1, -0.05) is 0 Å². The summed E-state index contributed by atoms with van der Waals surface area (Å²) < 4.78 is 4.58. The Labute approximate surface area is 39.1 Å². The second-order valence-corrected chi connectivity index (χ2v) is 0.793. The minimum absolute atomic E-state index is 0. The van der Waals surface area contributed by atoms with E-state index in [-0.39, 0.29) is 8.56 Å². The predicted octanol–water partition coefficient (Wildman–Crippen LogP) is 1.95. The third-order valence-electron chi connectivity index (χ3n) is 0.425. The van der Waals surface area contributed by atoms with Crippen molar-refractivity contribution in [2.45, 2.75) is 0 Å². The molecule has 0 atom stereocenters. The third-order valence-corrected chi connectivity index (χ3v) is 0.425. The Morgan fingerprint density at radius 2 is 1.80 bits per heavy atom. The van der Waals surface area contributed by atoms with Crippen molar-refractivity contribution in [3.63, 3.8) is 0 Å². The largest absolute Gasteiger partial charge is 1.00 e. The van der Waals surface area contributed by atoms with Gasteiger partial charge in [0.05, 0.1) is 12.5 Å². The molecule has 0 unspecified atom stereocenters. The van der Waals surface area contributed by atoms with E-state index in [9.17, 15) is 0 Å². The van der Waals surface area contributed by atoms with E-state index in [0.29, 0.717) is 0 Å². The van der Waals surface area contributed by atoms with Crippen LogP contribution in [0, 0.1) is 0 Å². The summed E-state index contributed by atoms with van der Waals surface area (Å²) in [6.07, 6.45) is 3.25. The minimum Gasteiger partial charge on any atom is -0.473 e. The van der Waals surface area contributed by atoms with Crippen molar-refractivity contribution in [2.24, 2.45) is 0 Å². The fraction of sp³-hybridized carbons (Fsp3) is 0. The molecule has 0 aliphatic carbocycles. The average Bonchev–Trinajstić information content (AvgIpc) is 1.76. The molecule has 0 aliphatic rings. The first-order valence-electron chi connectivity index (χ1n) is 1.47. The first-order chi connectivity index (χ1) is 2.50. The lowest BCUT2D eigenvalue weighted by atomic mass is 10.7. The van der Waals surface area contributed by atoms with Gasteiger partial charge in [-0.25, -0.2) is 0 Å². The fourth-order valence-electron chi connectivity index (χ4n) is 0.227. The Morgan fingerprint density at radius 3 is 2.00 bits per heavy atom. The number of furan rings is 1. The molecule has 1 aromatic heterocycles. The Kier molecular flexibility index (Phi) is 0.468. The molecule has 0 aliphatic heterocycles. The van der Waals surface area contributed by atoms with Gasteiger partial charge in [0.25, 0.3) is 0 Å². The maximum absolute atomic E-state index is 4.58. The van der Waals surface area contributed by atoms with Crippen molar-refractivity contribution < 1.29 is 13.0 Å². The number of rotatable bonds is 0. The molecule has 1 aromatic rings. The molecule has 0 radical (unpaired) electrons. The van der Waals surface area contributed by atoms with Crippen LogP contribution in [0.15, 0.2) is 29.1 Å². The summed E-state index contributed by atoms with van der Waals surface area (Å²) in [5.41, 5.74) is 0. The van der Waals surface area contributed by atoms with Gasteiger partial charge >= 0.3 is 8.56 Å². The monoisotopic (exact) mass is 74.1 g/mol. The van der Waals surface area contributed by atoms with Gasteiger partial charge in [-0.05, 0) is 12.1 Å². The lowest BCUT2D eigenvalue weighted by Crippen LogP contribution is -1.16. The van der Waals surface area contributed by atoms with Crippen LogP contribution < -0.4 is 0 Å². The van der Waals surface area contributed by atoms with Crippen LogP contribution >= 0.6 is 0 Å². The molecule has 0 fully saturated rings. The summed E-state index contributed by atoms with van der Waals surface area (Å²) in [7, 11) is 0. The van der Waals surface area contributed by atoms with E-state index < -0.39 is 0 Å². The van der Waals surface area contributed by atoms with E-state index in [1.165, 1.54) is 0 Å². The molecule has 0 N–H and O–H groups in total. The Morgan fingerprint density at radius 1 is 1.20 bits per heavy atom. The summed E-state index contributed by atoms with van der Waals surface area (Å²) >= 11 is 0. The number of hydrogen-bond acceptors (Lipinski definition) is 1. The van der Waals surface area contributed by atoms with Crippen molar-refractivity contribution in [3.05, 3.63) is 24.7 Å². The Bertz CT molecular complexity index is 71.1. The lowest BCUT2D eigenvalue weighted by molar-refractivity contribution is 0.567. The van der Waals surface area contributed by atoms with Crippen molar-refractivity contribution in [3.8, 4) is 0 Å². The molecule has 0 bridgehead atoms. The van der Waals surface area contributed by atoms with E-state index in [0.717, 1.165) is 0 Å². The molecule has 1 heterocycles. The molecule has 0 saturated carbocycles. The highest BCUT2D eigenvalue weighted by Crippen LogP contribution is 1.79. The van der Waals surface area contributed by atoms with Crippen LogP contribution in [0.1, 0.15) is 8.56 Å². The van der Waals surface area contributed by atoms with Crippen molar-refractivity contribution in [1.82, 2.24) is 0 Å². The quantitative estimate of drug-likeness (QED) is 0.458. The normalized spacial score (nSPS) is 8.00. The highest BCUT2D eigenvalue weighted by atomic mass is 16.3. The van der Waals surface area contributed by atoms with Gasteiger partial charge in [-0.15, -0.1) is 0 Å². The summed E-state index contributed by atoms with van der Waals surface area (Å²) in [6.45, 7) is 0. The SMILES string of the molecule is [H+].[H+].[H+].[H+].[H+].[H+].c1ccoc1.